The first kappa shape index (κ1) is 30.0. The van der Waals surface area contributed by atoms with Crippen LogP contribution in [0.4, 0.5) is 0 Å². The van der Waals surface area contributed by atoms with Crippen LogP contribution in [-0.4, -0.2) is 39.3 Å². The van der Waals surface area contributed by atoms with Gasteiger partial charge in [-0.25, -0.2) is 8.42 Å². The maximum atomic E-state index is 14.4. The second-order valence-corrected chi connectivity index (χ2v) is 21.7. The lowest BCUT2D eigenvalue weighted by atomic mass is 9.66. The summed E-state index contributed by atoms with van der Waals surface area (Å²) < 4.78 is 42.4. The molecule has 0 aromatic heterocycles. The molecule has 1 aliphatic carbocycles. The van der Waals surface area contributed by atoms with Gasteiger partial charge in [0, 0.05) is 11.8 Å². The summed E-state index contributed by atoms with van der Waals surface area (Å²) >= 11 is 0. The molecule has 0 radical (unpaired) electrons. The van der Waals surface area contributed by atoms with Crippen LogP contribution in [0.2, 0.25) is 18.1 Å². The third-order valence-corrected chi connectivity index (χ3v) is 17.6. The fourth-order valence-corrected chi connectivity index (χ4v) is 11.0. The van der Waals surface area contributed by atoms with E-state index in [1.807, 2.05) is 18.2 Å². The Labute approximate surface area is 234 Å². The van der Waals surface area contributed by atoms with Crippen LogP contribution in [0.5, 0.6) is 0 Å². The predicted octanol–water partition coefficient (Wildman–Crippen LogP) is 8.20. The van der Waals surface area contributed by atoms with E-state index >= 15 is 0 Å². The fraction of sp³-hybridized carbons (Fsp3) is 0.750. The van der Waals surface area contributed by atoms with Crippen molar-refractivity contribution in [3.63, 3.8) is 0 Å². The standard InChI is InChI=1S/C32H52O4SSi/c1-22-16-17-26(27(20-22)35-38(9,10)30(4,5)6)23(2)21-28(37(33,34)25-14-12-11-13-15-25)29-24(3)31(7)18-19-32(29,8)36-31/h11-15,22,24,26-29H,2,16-21H2,1,3-10H3/t22-,24+,26?,27-,28-,29?,31-,32+/m0/s1. The molecule has 3 aliphatic rings. The lowest BCUT2D eigenvalue weighted by Gasteiger charge is -2.45. The monoisotopic (exact) mass is 560 g/mol. The molecule has 3 fully saturated rings. The average Bonchev–Trinajstić information content (AvgIpc) is 3.23. The van der Waals surface area contributed by atoms with Gasteiger partial charge in [0.2, 0.25) is 0 Å². The van der Waals surface area contributed by atoms with Gasteiger partial charge in [0.1, 0.15) is 0 Å². The second-order valence-electron chi connectivity index (χ2n) is 14.7. The maximum Gasteiger partial charge on any atom is 0.192 e. The average molecular weight is 561 g/mol. The van der Waals surface area contributed by atoms with Crippen molar-refractivity contribution in [3.05, 3.63) is 42.5 Å². The Morgan fingerprint density at radius 3 is 2.26 bits per heavy atom. The highest BCUT2D eigenvalue weighted by Gasteiger charge is 2.64. The minimum absolute atomic E-state index is 0.0783. The molecular weight excluding hydrogens is 509 g/mol. The molecule has 214 valence electrons. The van der Waals surface area contributed by atoms with Crippen LogP contribution in [-0.2, 0) is 19.0 Å². The Kier molecular flexibility index (Phi) is 8.02. The molecule has 4 nitrogen and oxygen atoms in total. The number of ether oxygens (including phenoxy) is 1. The molecule has 38 heavy (non-hydrogen) atoms. The third kappa shape index (κ3) is 5.36. The third-order valence-electron chi connectivity index (χ3n) is 11.0. The van der Waals surface area contributed by atoms with Crippen LogP contribution in [0.3, 0.4) is 0 Å². The smallest absolute Gasteiger partial charge is 0.192 e. The summed E-state index contributed by atoms with van der Waals surface area (Å²) in [5.74, 6) is 0.871. The molecule has 2 aliphatic heterocycles. The van der Waals surface area contributed by atoms with E-state index in [1.165, 1.54) is 0 Å². The van der Waals surface area contributed by atoms with Crippen LogP contribution in [0.15, 0.2) is 47.4 Å². The Morgan fingerprint density at radius 2 is 1.71 bits per heavy atom. The molecule has 0 N–H and O–H groups in total. The summed E-state index contributed by atoms with van der Waals surface area (Å²) in [6.07, 6.45) is 5.64. The first-order valence-corrected chi connectivity index (χ1v) is 19.2. The minimum atomic E-state index is -3.60. The van der Waals surface area contributed by atoms with Crippen molar-refractivity contribution >= 4 is 18.2 Å². The molecule has 6 heteroatoms. The lowest BCUT2D eigenvalue weighted by Crippen LogP contribution is -2.49. The van der Waals surface area contributed by atoms with Crippen LogP contribution >= 0.6 is 0 Å². The lowest BCUT2D eigenvalue weighted by molar-refractivity contribution is -0.0426. The molecular formula is C32H52O4SSi. The van der Waals surface area contributed by atoms with Crippen molar-refractivity contribution in [2.75, 3.05) is 0 Å². The van der Waals surface area contributed by atoms with E-state index < -0.39 is 29.0 Å². The largest absolute Gasteiger partial charge is 0.413 e. The summed E-state index contributed by atoms with van der Waals surface area (Å²) in [5, 5.41) is -0.439. The Morgan fingerprint density at radius 1 is 1.11 bits per heavy atom. The van der Waals surface area contributed by atoms with Gasteiger partial charge in [-0.1, -0.05) is 65.0 Å². The van der Waals surface area contributed by atoms with Gasteiger partial charge in [-0.3, -0.25) is 0 Å². The molecule has 2 saturated heterocycles. The fourth-order valence-electron chi connectivity index (χ4n) is 7.42. The van der Waals surface area contributed by atoms with E-state index in [0.29, 0.717) is 17.2 Å². The highest BCUT2D eigenvalue weighted by Crippen LogP contribution is 2.60. The number of fused-ring (bicyclic) bond motifs is 2. The number of hydrogen-bond acceptors (Lipinski definition) is 4. The number of rotatable bonds is 8. The van der Waals surface area contributed by atoms with Gasteiger partial charge >= 0.3 is 0 Å². The normalized spacial score (nSPS) is 36.8. The van der Waals surface area contributed by atoms with E-state index in [4.69, 9.17) is 9.16 Å². The summed E-state index contributed by atoms with van der Waals surface area (Å²) in [7, 11) is -5.59. The molecule has 2 heterocycles. The van der Waals surface area contributed by atoms with Crippen molar-refractivity contribution in [1.29, 1.82) is 0 Å². The highest BCUT2D eigenvalue weighted by atomic mass is 32.2. The second kappa shape index (κ2) is 10.1. The molecule has 1 saturated carbocycles. The molecule has 8 atom stereocenters. The minimum Gasteiger partial charge on any atom is -0.413 e. The quantitative estimate of drug-likeness (QED) is 0.237. The number of hydrogen-bond donors (Lipinski definition) is 0. The summed E-state index contributed by atoms with van der Waals surface area (Å²) in [5.41, 5.74) is 0.354. The molecule has 2 bridgehead atoms. The van der Waals surface area contributed by atoms with Gasteiger partial charge in [0.05, 0.1) is 27.5 Å². The van der Waals surface area contributed by atoms with Gasteiger partial charge in [0.25, 0.3) is 0 Å². The maximum absolute atomic E-state index is 14.4. The molecule has 1 aromatic rings. The first-order valence-electron chi connectivity index (χ1n) is 14.8. The molecule has 1 aromatic carbocycles. The zero-order chi connectivity index (χ0) is 28.3. The van der Waals surface area contributed by atoms with Crippen molar-refractivity contribution < 1.29 is 17.6 Å². The van der Waals surface area contributed by atoms with E-state index in [0.717, 1.165) is 37.7 Å². The Balaban J connectivity index is 1.69. The Bertz CT molecular complexity index is 1120. The van der Waals surface area contributed by atoms with Gasteiger partial charge < -0.3 is 9.16 Å². The van der Waals surface area contributed by atoms with E-state index in [-0.39, 0.29) is 34.5 Å². The molecule has 0 spiro atoms. The van der Waals surface area contributed by atoms with Crippen molar-refractivity contribution in [1.82, 2.24) is 0 Å². The van der Waals surface area contributed by atoms with Crippen LogP contribution < -0.4 is 0 Å². The van der Waals surface area contributed by atoms with Gasteiger partial charge in [-0.2, -0.15) is 0 Å². The number of benzene rings is 1. The zero-order valence-corrected chi connectivity index (χ0v) is 27.2. The van der Waals surface area contributed by atoms with Crippen molar-refractivity contribution in [2.24, 2.45) is 23.7 Å². The highest BCUT2D eigenvalue weighted by molar-refractivity contribution is 7.92. The molecule has 4 rings (SSSR count). The number of sulfone groups is 1. The topological polar surface area (TPSA) is 52.6 Å². The summed E-state index contributed by atoms with van der Waals surface area (Å²) in [6, 6.07) is 9.03. The first-order chi connectivity index (χ1) is 17.4. The van der Waals surface area contributed by atoms with Gasteiger partial charge in [-0.15, -0.1) is 0 Å². The Hall–Kier alpha value is -0.953. The predicted molar refractivity (Wildman–Crippen MR) is 160 cm³/mol. The SMILES string of the molecule is C=C(C[C@@H](C1[C@@H](C)[C@]2(C)CC[C@@]1(C)O2)S(=O)(=O)c1ccccc1)C1CC[C@H](C)C[C@@H]1O[Si](C)(C)C(C)(C)C. The molecule has 0 amide bonds. The van der Waals surface area contributed by atoms with E-state index in [1.54, 1.807) is 12.1 Å². The van der Waals surface area contributed by atoms with Crippen LogP contribution in [0.1, 0.15) is 87.0 Å². The van der Waals surface area contributed by atoms with Gasteiger partial charge in [0.15, 0.2) is 18.2 Å². The van der Waals surface area contributed by atoms with E-state index in [2.05, 4.69) is 68.1 Å². The molecule has 2 unspecified atom stereocenters. The van der Waals surface area contributed by atoms with Crippen LogP contribution in [0.25, 0.3) is 0 Å². The van der Waals surface area contributed by atoms with E-state index in [9.17, 15) is 8.42 Å². The summed E-state index contributed by atoms with van der Waals surface area (Å²) in [4.78, 5) is 0.410. The van der Waals surface area contributed by atoms with Crippen LogP contribution in [0, 0.1) is 23.7 Å². The van der Waals surface area contributed by atoms with Crippen molar-refractivity contribution in [2.45, 2.75) is 133 Å². The summed E-state index contributed by atoms with van der Waals surface area (Å²) in [6.45, 7) is 25.0. The van der Waals surface area contributed by atoms with Gasteiger partial charge in [-0.05, 0) is 94.5 Å². The van der Waals surface area contributed by atoms with Crippen molar-refractivity contribution in [3.8, 4) is 0 Å². The zero-order valence-electron chi connectivity index (χ0n) is 25.3.